The molecule has 13 heteroatoms. The van der Waals surface area contributed by atoms with Gasteiger partial charge in [0, 0.05) is 49.9 Å². The highest BCUT2D eigenvalue weighted by atomic mass is 35.5. The summed E-state index contributed by atoms with van der Waals surface area (Å²) >= 11 is 6.39. The number of rotatable bonds is 6. The third-order valence-corrected chi connectivity index (χ3v) is 8.94. The van der Waals surface area contributed by atoms with E-state index in [9.17, 15) is 18.0 Å². The van der Waals surface area contributed by atoms with E-state index in [2.05, 4.69) is 21.5 Å². The van der Waals surface area contributed by atoms with Gasteiger partial charge in [0.1, 0.15) is 17.3 Å². The van der Waals surface area contributed by atoms with E-state index < -0.39 is 21.3 Å². The van der Waals surface area contributed by atoms with Crippen LogP contribution in [0.5, 0.6) is 0 Å². The molecule has 0 aliphatic carbocycles. The topological polar surface area (TPSA) is 118 Å². The number of benzene rings is 1. The zero-order valence-corrected chi connectivity index (χ0v) is 25.7. The van der Waals surface area contributed by atoms with Crippen molar-refractivity contribution in [1.29, 1.82) is 0 Å². The van der Waals surface area contributed by atoms with E-state index in [0.717, 1.165) is 10.8 Å². The second-order valence-corrected chi connectivity index (χ2v) is 13.1. The van der Waals surface area contributed by atoms with Crippen molar-refractivity contribution in [3.05, 3.63) is 82.3 Å². The van der Waals surface area contributed by atoms with Crippen molar-refractivity contribution in [2.24, 2.45) is 0 Å². The fourth-order valence-electron chi connectivity index (χ4n) is 5.41. The highest BCUT2D eigenvalue weighted by Gasteiger charge is 2.31. The normalized spacial score (nSPS) is 15.7. The number of carbonyl (C=O) groups is 1. The lowest BCUT2D eigenvalue weighted by atomic mass is 10.0. The van der Waals surface area contributed by atoms with E-state index >= 15 is 4.39 Å². The Morgan fingerprint density at radius 1 is 1.21 bits per heavy atom. The van der Waals surface area contributed by atoms with Crippen molar-refractivity contribution < 1.29 is 17.6 Å². The summed E-state index contributed by atoms with van der Waals surface area (Å²) in [6, 6.07) is 7.20. The summed E-state index contributed by atoms with van der Waals surface area (Å²) < 4.78 is 43.1. The first kappa shape index (κ1) is 30.3. The second-order valence-electron chi connectivity index (χ2n) is 10.8. The predicted molar refractivity (Wildman–Crippen MR) is 164 cm³/mol. The van der Waals surface area contributed by atoms with Crippen LogP contribution in [0.2, 0.25) is 5.02 Å². The maximum atomic E-state index is 15.9. The molecule has 0 unspecified atom stereocenters. The molecule has 1 atom stereocenters. The minimum atomic E-state index is -3.83. The van der Waals surface area contributed by atoms with Gasteiger partial charge in [-0.3, -0.25) is 9.78 Å². The molecule has 43 heavy (non-hydrogen) atoms. The minimum Gasteiger partial charge on any atom is -0.350 e. The molecule has 4 heterocycles. The molecule has 1 aliphatic heterocycles. The van der Waals surface area contributed by atoms with Crippen LogP contribution in [0.4, 0.5) is 10.2 Å². The Hall–Kier alpha value is -4.16. The van der Waals surface area contributed by atoms with Crippen LogP contribution in [-0.4, -0.2) is 70.7 Å². The number of para-hydroxylation sites is 1. The van der Waals surface area contributed by atoms with Crippen molar-refractivity contribution in [1.82, 2.24) is 24.4 Å². The number of aromatic nitrogens is 4. The fourth-order valence-corrected chi connectivity index (χ4v) is 6.49. The zero-order chi connectivity index (χ0) is 31.2. The van der Waals surface area contributed by atoms with Gasteiger partial charge in [-0.2, -0.15) is 4.98 Å². The maximum Gasteiger partial charge on any atom is 0.355 e. The third-order valence-electron chi connectivity index (χ3n) is 7.49. The number of nitrogens with zero attached hydrogens (tertiary/aromatic N) is 6. The van der Waals surface area contributed by atoms with Crippen molar-refractivity contribution >= 4 is 44.2 Å². The Bertz CT molecular complexity index is 1950. The lowest BCUT2D eigenvalue weighted by Crippen LogP contribution is -2.54. The second kappa shape index (κ2) is 11.5. The van der Waals surface area contributed by atoms with Gasteiger partial charge in [-0.25, -0.2) is 27.2 Å². The number of hydrogen-bond acceptors (Lipinski definition) is 8. The summed E-state index contributed by atoms with van der Waals surface area (Å²) in [7, 11) is -3.83. The molecule has 3 aromatic heterocycles. The lowest BCUT2D eigenvalue weighted by molar-refractivity contribution is -0.126. The maximum absolute atomic E-state index is 15.9. The van der Waals surface area contributed by atoms with Crippen LogP contribution in [0, 0.1) is 5.82 Å². The van der Waals surface area contributed by atoms with Gasteiger partial charge >= 0.3 is 5.69 Å². The molecule has 0 N–H and O–H groups in total. The molecule has 1 saturated heterocycles. The standard InChI is InChI=1S/C30H30ClFN6O4S/c1-6-25(39)36-12-13-37(18(4)16-36)28-20-14-23(32)26(21-15-33-11-10-22(21)31)34-29(20)38(30(40)35-28)27-19(17(2)3)8-7-9-24(27)43(5,41)42/h6-11,14-15,17-18H,1,12-13,16H2,2-5H3/t18-/m0/s1. The van der Waals surface area contributed by atoms with E-state index in [1.807, 2.05) is 25.7 Å². The van der Waals surface area contributed by atoms with Crippen molar-refractivity contribution in [3.63, 3.8) is 0 Å². The first-order valence-electron chi connectivity index (χ1n) is 13.6. The highest BCUT2D eigenvalue weighted by Crippen LogP contribution is 2.36. The molecule has 0 saturated carbocycles. The molecule has 4 aromatic rings. The molecule has 224 valence electrons. The molecular weight excluding hydrogens is 595 g/mol. The Balaban J connectivity index is 1.88. The van der Waals surface area contributed by atoms with Gasteiger partial charge in [0.2, 0.25) is 5.91 Å². The number of fused-ring (bicyclic) bond motifs is 1. The number of halogens is 2. The number of carbonyl (C=O) groups excluding carboxylic acids is 1. The van der Waals surface area contributed by atoms with Crippen molar-refractivity contribution in [2.45, 2.75) is 37.6 Å². The summed E-state index contributed by atoms with van der Waals surface area (Å²) in [6.07, 6.45) is 5.13. The third kappa shape index (κ3) is 5.52. The molecule has 1 aliphatic rings. The molecule has 1 aromatic carbocycles. The van der Waals surface area contributed by atoms with Gasteiger partial charge < -0.3 is 9.80 Å². The van der Waals surface area contributed by atoms with Crippen LogP contribution in [0.25, 0.3) is 28.0 Å². The van der Waals surface area contributed by atoms with Crippen molar-refractivity contribution in [3.8, 4) is 16.9 Å². The van der Waals surface area contributed by atoms with E-state index in [-0.39, 0.29) is 61.6 Å². The molecule has 0 radical (unpaired) electrons. The molecule has 5 rings (SSSR count). The monoisotopic (exact) mass is 624 g/mol. The average molecular weight is 625 g/mol. The van der Waals surface area contributed by atoms with E-state index in [0.29, 0.717) is 25.2 Å². The molecular formula is C30H30ClFN6O4S. The predicted octanol–water partition coefficient (Wildman–Crippen LogP) is 4.39. The largest absolute Gasteiger partial charge is 0.355 e. The summed E-state index contributed by atoms with van der Waals surface area (Å²) in [6.45, 7) is 10.1. The van der Waals surface area contributed by atoms with Crippen LogP contribution < -0.4 is 10.6 Å². The van der Waals surface area contributed by atoms with Gasteiger partial charge in [0.05, 0.1) is 21.0 Å². The molecule has 1 fully saturated rings. The summed E-state index contributed by atoms with van der Waals surface area (Å²) in [5.74, 6) is -0.970. The van der Waals surface area contributed by atoms with E-state index in [1.165, 1.54) is 36.7 Å². The quantitative estimate of drug-likeness (QED) is 0.290. The van der Waals surface area contributed by atoms with Crippen LogP contribution in [0.1, 0.15) is 32.3 Å². The lowest BCUT2D eigenvalue weighted by Gasteiger charge is -2.40. The van der Waals surface area contributed by atoms with Gasteiger partial charge in [-0.05, 0) is 42.7 Å². The molecule has 10 nitrogen and oxygen atoms in total. The Morgan fingerprint density at radius 2 is 1.95 bits per heavy atom. The van der Waals surface area contributed by atoms with Gasteiger partial charge in [0.15, 0.2) is 15.5 Å². The molecule has 0 spiro atoms. The van der Waals surface area contributed by atoms with E-state index in [4.69, 9.17) is 11.6 Å². The number of hydrogen-bond donors (Lipinski definition) is 0. The first-order valence-corrected chi connectivity index (χ1v) is 15.8. The Kier molecular flexibility index (Phi) is 8.10. The highest BCUT2D eigenvalue weighted by molar-refractivity contribution is 7.90. The Labute approximate surface area is 253 Å². The number of amides is 1. The van der Waals surface area contributed by atoms with Crippen LogP contribution in [0.3, 0.4) is 0 Å². The first-order chi connectivity index (χ1) is 20.3. The SMILES string of the molecule is C=CC(=O)N1CCN(c2nc(=O)n(-c3c(C(C)C)cccc3S(C)(=O)=O)c3nc(-c4cnccc4Cl)c(F)cc23)[C@@H](C)C1. The Morgan fingerprint density at radius 3 is 2.58 bits per heavy atom. The van der Waals surface area contributed by atoms with Crippen molar-refractivity contribution in [2.75, 3.05) is 30.8 Å². The minimum absolute atomic E-state index is 0.00103. The van der Waals surface area contributed by atoms with E-state index in [1.54, 1.807) is 17.0 Å². The average Bonchev–Trinajstić information content (AvgIpc) is 2.96. The number of sulfone groups is 1. The zero-order valence-electron chi connectivity index (χ0n) is 24.1. The summed E-state index contributed by atoms with van der Waals surface area (Å²) in [4.78, 5) is 42.8. The number of piperazine rings is 1. The molecule has 1 amide bonds. The van der Waals surface area contributed by atoms with Gasteiger partial charge in [-0.1, -0.05) is 44.2 Å². The van der Waals surface area contributed by atoms with Gasteiger partial charge in [-0.15, -0.1) is 0 Å². The summed E-state index contributed by atoms with van der Waals surface area (Å²) in [5.41, 5.74) is -0.0796. The summed E-state index contributed by atoms with van der Waals surface area (Å²) in [5, 5.41) is 0.384. The fraction of sp³-hybridized carbons (Fsp3) is 0.300. The van der Waals surface area contributed by atoms with Crippen LogP contribution in [-0.2, 0) is 14.6 Å². The molecule has 0 bridgehead atoms. The smallest absolute Gasteiger partial charge is 0.350 e. The van der Waals surface area contributed by atoms with Crippen LogP contribution in [0.15, 0.2) is 65.1 Å². The van der Waals surface area contributed by atoms with Gasteiger partial charge in [0.25, 0.3) is 0 Å². The number of pyridine rings is 2. The number of anilines is 1. The van der Waals surface area contributed by atoms with Crippen LogP contribution >= 0.6 is 11.6 Å².